The summed E-state index contributed by atoms with van der Waals surface area (Å²) in [5.41, 5.74) is 1.50. The van der Waals surface area contributed by atoms with Crippen LogP contribution in [0.1, 0.15) is 23.3 Å². The quantitative estimate of drug-likeness (QED) is 0.858. The van der Waals surface area contributed by atoms with Gasteiger partial charge in [0.1, 0.15) is 17.0 Å². The van der Waals surface area contributed by atoms with Crippen molar-refractivity contribution in [3.8, 4) is 0 Å². The van der Waals surface area contributed by atoms with E-state index < -0.39 is 0 Å². The van der Waals surface area contributed by atoms with Crippen LogP contribution in [-0.4, -0.2) is 54.3 Å². The van der Waals surface area contributed by atoms with E-state index in [1.807, 2.05) is 11.3 Å². The first-order valence-corrected chi connectivity index (χ1v) is 9.03. The Morgan fingerprint density at radius 3 is 3.05 bits per heavy atom. The fourth-order valence-electron chi connectivity index (χ4n) is 3.40. The molecule has 0 saturated carbocycles. The Bertz CT molecular complexity index is 651. The molecule has 0 unspecified atom stereocenters. The molecule has 1 N–H and O–H groups in total. The average molecular weight is 318 g/mol. The van der Waals surface area contributed by atoms with Crippen LogP contribution in [0.5, 0.6) is 0 Å². The highest BCUT2D eigenvalue weighted by atomic mass is 32.1. The zero-order valence-corrected chi connectivity index (χ0v) is 13.6. The van der Waals surface area contributed by atoms with Crippen molar-refractivity contribution >= 4 is 27.4 Å². The van der Waals surface area contributed by atoms with Gasteiger partial charge in [0.15, 0.2) is 0 Å². The summed E-state index contributed by atoms with van der Waals surface area (Å²) in [5, 5.41) is 4.82. The Kier molecular flexibility index (Phi) is 4.23. The molecular weight excluding hydrogens is 296 g/mol. The molecule has 1 aliphatic carbocycles. The summed E-state index contributed by atoms with van der Waals surface area (Å²) in [6, 6.07) is 0. The molecule has 0 spiro atoms. The second kappa shape index (κ2) is 6.48. The van der Waals surface area contributed by atoms with E-state index in [0.29, 0.717) is 0 Å². The molecule has 0 amide bonds. The van der Waals surface area contributed by atoms with E-state index in [1.54, 1.807) is 6.33 Å². The van der Waals surface area contributed by atoms with Crippen LogP contribution >= 0.6 is 11.3 Å². The van der Waals surface area contributed by atoms with Gasteiger partial charge in [-0.25, -0.2) is 9.97 Å². The number of rotatable bonds is 5. The molecule has 3 heterocycles. The van der Waals surface area contributed by atoms with Gasteiger partial charge in [0.2, 0.25) is 0 Å². The highest BCUT2D eigenvalue weighted by Crippen LogP contribution is 2.38. The zero-order valence-electron chi connectivity index (χ0n) is 12.8. The lowest BCUT2D eigenvalue weighted by molar-refractivity contribution is 0.0378. The Morgan fingerprint density at radius 2 is 2.14 bits per heavy atom. The fraction of sp³-hybridized carbons (Fsp3) is 0.625. The lowest BCUT2D eigenvalue weighted by atomic mass is 10.2. The molecule has 1 aliphatic heterocycles. The summed E-state index contributed by atoms with van der Waals surface area (Å²) in [4.78, 5) is 14.1. The maximum Gasteiger partial charge on any atom is 0.138 e. The van der Waals surface area contributed by atoms with Crippen molar-refractivity contribution in [1.29, 1.82) is 0 Å². The number of aryl methyl sites for hydroxylation is 2. The number of nitrogens with one attached hydrogen (secondary N) is 1. The van der Waals surface area contributed by atoms with Crippen molar-refractivity contribution in [2.24, 2.45) is 0 Å². The van der Waals surface area contributed by atoms with Gasteiger partial charge in [0, 0.05) is 24.5 Å². The van der Waals surface area contributed by atoms with Crippen molar-refractivity contribution in [3.63, 3.8) is 0 Å². The molecule has 0 aromatic carbocycles. The number of hydrogen-bond acceptors (Lipinski definition) is 6. The third-order valence-electron chi connectivity index (χ3n) is 4.55. The van der Waals surface area contributed by atoms with Crippen molar-refractivity contribution < 1.29 is 4.74 Å². The largest absolute Gasteiger partial charge is 0.379 e. The standard InChI is InChI=1S/C16H22N4OS/c1-3-12-13(4-1)22-16-14(12)15(18-11-19-16)17-5-2-6-20-7-9-21-10-8-20/h11H,1-10H2,(H,17,18,19). The molecule has 4 rings (SSSR count). The summed E-state index contributed by atoms with van der Waals surface area (Å²) in [5.74, 6) is 1.03. The monoisotopic (exact) mass is 318 g/mol. The SMILES string of the molecule is c1nc(NCCCN2CCOCC2)c2c3c(sc2n1)CCC3. The second-order valence-electron chi connectivity index (χ2n) is 5.99. The Morgan fingerprint density at radius 1 is 1.23 bits per heavy atom. The van der Waals surface area contributed by atoms with Crippen LogP contribution in [0.4, 0.5) is 5.82 Å². The van der Waals surface area contributed by atoms with Crippen LogP contribution in [0.15, 0.2) is 6.33 Å². The maximum atomic E-state index is 5.38. The van der Waals surface area contributed by atoms with Crippen LogP contribution < -0.4 is 5.32 Å². The molecule has 1 fully saturated rings. The first-order chi connectivity index (χ1) is 10.9. The number of fused-ring (bicyclic) bond motifs is 3. The Labute approximate surface area is 134 Å². The van der Waals surface area contributed by atoms with E-state index in [1.165, 1.54) is 35.1 Å². The number of aromatic nitrogens is 2. The highest BCUT2D eigenvalue weighted by Gasteiger charge is 2.21. The lowest BCUT2D eigenvalue weighted by Crippen LogP contribution is -2.37. The van der Waals surface area contributed by atoms with E-state index in [0.717, 1.165) is 56.5 Å². The molecule has 118 valence electrons. The van der Waals surface area contributed by atoms with Crippen molar-refractivity contribution in [1.82, 2.24) is 14.9 Å². The molecular formula is C16H22N4OS. The number of anilines is 1. The maximum absolute atomic E-state index is 5.38. The van der Waals surface area contributed by atoms with E-state index in [-0.39, 0.29) is 0 Å². The zero-order chi connectivity index (χ0) is 14.8. The van der Waals surface area contributed by atoms with Gasteiger partial charge in [0.25, 0.3) is 0 Å². The van der Waals surface area contributed by atoms with Crippen molar-refractivity contribution in [3.05, 3.63) is 16.8 Å². The summed E-state index contributed by atoms with van der Waals surface area (Å²) in [6.45, 7) is 5.98. The van der Waals surface area contributed by atoms with E-state index in [9.17, 15) is 0 Å². The first kappa shape index (κ1) is 14.4. The van der Waals surface area contributed by atoms with Gasteiger partial charge in [-0.15, -0.1) is 11.3 Å². The third-order valence-corrected chi connectivity index (χ3v) is 5.75. The van der Waals surface area contributed by atoms with Crippen LogP contribution in [0, 0.1) is 0 Å². The minimum absolute atomic E-state index is 0.876. The molecule has 0 atom stereocenters. The Hall–Kier alpha value is -1.24. The molecule has 0 bridgehead atoms. The summed E-state index contributed by atoms with van der Waals surface area (Å²) < 4.78 is 5.38. The topological polar surface area (TPSA) is 50.3 Å². The summed E-state index contributed by atoms with van der Waals surface area (Å²) in [7, 11) is 0. The van der Waals surface area contributed by atoms with Gasteiger partial charge < -0.3 is 10.1 Å². The van der Waals surface area contributed by atoms with Gasteiger partial charge in [0.05, 0.1) is 18.6 Å². The van der Waals surface area contributed by atoms with Crippen molar-refractivity contribution in [2.45, 2.75) is 25.7 Å². The van der Waals surface area contributed by atoms with Gasteiger partial charge in [-0.3, -0.25) is 4.90 Å². The highest BCUT2D eigenvalue weighted by molar-refractivity contribution is 7.19. The van der Waals surface area contributed by atoms with Crippen molar-refractivity contribution in [2.75, 3.05) is 44.7 Å². The minimum atomic E-state index is 0.876. The predicted octanol–water partition coefficient (Wildman–Crippen LogP) is 2.31. The minimum Gasteiger partial charge on any atom is -0.379 e. The molecule has 2 aromatic heterocycles. The molecule has 2 aliphatic rings. The van der Waals surface area contributed by atoms with Gasteiger partial charge >= 0.3 is 0 Å². The van der Waals surface area contributed by atoms with E-state index >= 15 is 0 Å². The normalized spacial score (nSPS) is 18.7. The number of thiophene rings is 1. The Balaban J connectivity index is 1.39. The van der Waals surface area contributed by atoms with Gasteiger partial charge in [-0.2, -0.15) is 0 Å². The van der Waals surface area contributed by atoms with Gasteiger partial charge in [-0.1, -0.05) is 0 Å². The predicted molar refractivity (Wildman–Crippen MR) is 89.8 cm³/mol. The molecule has 1 saturated heterocycles. The second-order valence-corrected chi connectivity index (χ2v) is 7.08. The molecule has 22 heavy (non-hydrogen) atoms. The van der Waals surface area contributed by atoms with E-state index in [4.69, 9.17) is 4.74 Å². The number of hydrogen-bond donors (Lipinski definition) is 1. The van der Waals surface area contributed by atoms with Crippen LogP contribution in [0.3, 0.4) is 0 Å². The fourth-order valence-corrected chi connectivity index (χ4v) is 4.63. The average Bonchev–Trinajstić information content (AvgIpc) is 3.13. The molecule has 0 radical (unpaired) electrons. The number of morpholine rings is 1. The third kappa shape index (κ3) is 2.83. The van der Waals surface area contributed by atoms with Crippen LogP contribution in [0.2, 0.25) is 0 Å². The molecule has 5 nitrogen and oxygen atoms in total. The first-order valence-electron chi connectivity index (χ1n) is 8.21. The summed E-state index contributed by atoms with van der Waals surface area (Å²) in [6.07, 6.45) is 6.51. The molecule has 6 heteroatoms. The lowest BCUT2D eigenvalue weighted by Gasteiger charge is -2.26. The number of nitrogens with zero attached hydrogens (tertiary/aromatic N) is 3. The van der Waals surface area contributed by atoms with E-state index in [2.05, 4.69) is 20.2 Å². The molecule has 2 aromatic rings. The number of ether oxygens (including phenoxy) is 1. The smallest absolute Gasteiger partial charge is 0.138 e. The summed E-state index contributed by atoms with van der Waals surface area (Å²) >= 11 is 1.85. The van der Waals surface area contributed by atoms with Crippen LogP contribution in [-0.2, 0) is 17.6 Å². The van der Waals surface area contributed by atoms with Crippen LogP contribution in [0.25, 0.3) is 10.2 Å². The van der Waals surface area contributed by atoms with Gasteiger partial charge in [-0.05, 0) is 37.8 Å².